The van der Waals surface area contributed by atoms with E-state index in [1.165, 1.54) is 43.6 Å². The number of ether oxygens (including phenoxy) is 1. The first kappa shape index (κ1) is 9.96. The molecule has 0 unspecified atom stereocenters. The lowest BCUT2D eigenvalue weighted by molar-refractivity contribution is -0.911. The third-order valence-electron chi connectivity index (χ3n) is 2.70. The average molecular weight is 173 g/mol. The van der Waals surface area contributed by atoms with E-state index in [0.717, 1.165) is 6.61 Å². The Morgan fingerprint density at radius 3 is 2.58 bits per heavy atom. The number of rotatable bonds is 4. The molecule has 1 aliphatic rings. The van der Waals surface area contributed by atoms with E-state index in [1.807, 2.05) is 0 Å². The Balaban J connectivity index is 2.17. The molecule has 12 heavy (non-hydrogen) atoms. The quantitative estimate of drug-likeness (QED) is 0.480. The first-order valence-corrected chi connectivity index (χ1v) is 4.80. The first-order valence-electron chi connectivity index (χ1n) is 4.80. The second-order valence-electron chi connectivity index (χ2n) is 3.89. The van der Waals surface area contributed by atoms with Gasteiger partial charge in [0.2, 0.25) is 0 Å². The molecule has 0 atom stereocenters. The van der Waals surface area contributed by atoms with Gasteiger partial charge < -0.3 is 14.5 Å². The molecule has 0 aromatic rings. The van der Waals surface area contributed by atoms with Crippen molar-refractivity contribution in [3.8, 4) is 0 Å². The summed E-state index contributed by atoms with van der Waals surface area (Å²) in [5, 5.41) is 3.38. The summed E-state index contributed by atoms with van der Waals surface area (Å²) in [6, 6.07) is 0. The zero-order valence-corrected chi connectivity index (χ0v) is 8.31. The Bertz CT molecular complexity index is 122. The molecule has 0 aromatic carbocycles. The summed E-state index contributed by atoms with van der Waals surface area (Å²) >= 11 is 0. The Hall–Kier alpha value is -0.120. The van der Waals surface area contributed by atoms with E-state index >= 15 is 0 Å². The molecule has 1 rings (SSSR count). The molecule has 0 amide bonds. The van der Waals surface area contributed by atoms with Gasteiger partial charge in [-0.25, -0.2) is 0 Å². The highest BCUT2D eigenvalue weighted by Crippen LogP contribution is 2.05. The second kappa shape index (κ2) is 4.80. The fourth-order valence-corrected chi connectivity index (χ4v) is 1.75. The molecule has 0 radical (unpaired) electrons. The van der Waals surface area contributed by atoms with Gasteiger partial charge in [-0.1, -0.05) is 0 Å². The van der Waals surface area contributed by atoms with Crippen molar-refractivity contribution >= 4 is 0 Å². The lowest BCUT2D eigenvalue weighted by atomic mass is 10.2. The van der Waals surface area contributed by atoms with Crippen LogP contribution < -0.4 is 5.32 Å². The summed E-state index contributed by atoms with van der Waals surface area (Å²) in [6.45, 7) is 7.04. The molecular weight excluding hydrogens is 152 g/mol. The maximum absolute atomic E-state index is 5.05. The minimum Gasteiger partial charge on any atom is -0.384 e. The Labute approximate surface area is 75.3 Å². The van der Waals surface area contributed by atoms with Crippen LogP contribution in [0.1, 0.15) is 6.42 Å². The third kappa shape index (κ3) is 3.09. The van der Waals surface area contributed by atoms with Crippen LogP contribution in [0.3, 0.4) is 0 Å². The summed E-state index contributed by atoms with van der Waals surface area (Å²) in [5.41, 5.74) is 0. The van der Waals surface area contributed by atoms with Gasteiger partial charge in [0.25, 0.3) is 0 Å². The smallest absolute Gasteiger partial charge is 0.0911 e. The van der Waals surface area contributed by atoms with Crippen LogP contribution in [0.4, 0.5) is 0 Å². The lowest BCUT2D eigenvalue weighted by Gasteiger charge is -2.38. The van der Waals surface area contributed by atoms with E-state index in [1.54, 1.807) is 7.11 Å². The number of nitrogens with zero attached hydrogens (tertiary/aromatic N) is 1. The lowest BCUT2D eigenvalue weighted by Crippen LogP contribution is -2.56. The number of likely N-dealkylation sites (N-methyl/N-ethyl adjacent to an activating group) is 1. The summed E-state index contributed by atoms with van der Waals surface area (Å²) in [7, 11) is 4.12. The molecular formula is C9H21N2O+. The normalized spacial score (nSPS) is 22.5. The fourth-order valence-electron chi connectivity index (χ4n) is 1.75. The van der Waals surface area contributed by atoms with Gasteiger partial charge in [0.15, 0.2) is 0 Å². The summed E-state index contributed by atoms with van der Waals surface area (Å²) in [5.74, 6) is 0. The van der Waals surface area contributed by atoms with Crippen molar-refractivity contribution in [2.45, 2.75) is 6.42 Å². The molecule has 3 nitrogen and oxygen atoms in total. The SMILES string of the molecule is COCCC[N+]1(C)CCNCC1. The second-order valence-corrected chi connectivity index (χ2v) is 3.89. The van der Waals surface area contributed by atoms with Crippen molar-refractivity contribution in [2.24, 2.45) is 0 Å². The highest BCUT2D eigenvalue weighted by Gasteiger charge is 2.23. The number of methoxy groups -OCH3 is 1. The van der Waals surface area contributed by atoms with Crippen LogP contribution in [-0.4, -0.2) is 58.0 Å². The molecule has 1 aliphatic heterocycles. The molecule has 0 aliphatic carbocycles. The van der Waals surface area contributed by atoms with Crippen molar-refractivity contribution in [2.75, 3.05) is 53.5 Å². The summed E-state index contributed by atoms with van der Waals surface area (Å²) < 4.78 is 6.27. The molecule has 1 heterocycles. The van der Waals surface area contributed by atoms with Crippen LogP contribution in [0, 0.1) is 0 Å². The van der Waals surface area contributed by atoms with Crippen molar-refractivity contribution in [1.82, 2.24) is 5.32 Å². The van der Waals surface area contributed by atoms with E-state index in [-0.39, 0.29) is 0 Å². The highest BCUT2D eigenvalue weighted by molar-refractivity contribution is 4.55. The van der Waals surface area contributed by atoms with Crippen LogP contribution in [0.15, 0.2) is 0 Å². The molecule has 1 fully saturated rings. The predicted molar refractivity (Wildman–Crippen MR) is 50.1 cm³/mol. The molecule has 1 saturated heterocycles. The standard InChI is InChI=1S/C9H21N2O/c1-11(6-3-9-12-2)7-4-10-5-8-11/h10H,3-9H2,1-2H3/q+1. The maximum Gasteiger partial charge on any atom is 0.0911 e. The average Bonchev–Trinajstić information content (AvgIpc) is 2.06. The van der Waals surface area contributed by atoms with Crippen LogP contribution >= 0.6 is 0 Å². The molecule has 0 saturated carbocycles. The summed E-state index contributed by atoms with van der Waals surface area (Å²) in [4.78, 5) is 0. The van der Waals surface area contributed by atoms with Crippen LogP contribution in [0.5, 0.6) is 0 Å². The van der Waals surface area contributed by atoms with E-state index in [0.29, 0.717) is 0 Å². The van der Waals surface area contributed by atoms with Gasteiger partial charge in [-0.3, -0.25) is 0 Å². The van der Waals surface area contributed by atoms with Gasteiger partial charge in [-0.15, -0.1) is 0 Å². The van der Waals surface area contributed by atoms with Gasteiger partial charge in [-0.05, 0) is 0 Å². The number of nitrogens with one attached hydrogen (secondary N) is 1. The zero-order valence-electron chi connectivity index (χ0n) is 8.31. The van der Waals surface area contributed by atoms with Crippen LogP contribution in [0.25, 0.3) is 0 Å². The molecule has 72 valence electrons. The molecule has 3 heteroatoms. The number of piperazine rings is 1. The Morgan fingerprint density at radius 2 is 2.00 bits per heavy atom. The van der Waals surface area contributed by atoms with Crippen LogP contribution in [-0.2, 0) is 4.74 Å². The number of hydrogen-bond donors (Lipinski definition) is 1. The van der Waals surface area contributed by atoms with Crippen LogP contribution in [0.2, 0.25) is 0 Å². The van der Waals surface area contributed by atoms with Crippen molar-refractivity contribution in [3.63, 3.8) is 0 Å². The fraction of sp³-hybridized carbons (Fsp3) is 1.00. The summed E-state index contributed by atoms with van der Waals surface area (Å²) in [6.07, 6.45) is 1.19. The van der Waals surface area contributed by atoms with Crippen molar-refractivity contribution < 1.29 is 9.22 Å². The molecule has 0 bridgehead atoms. The van der Waals surface area contributed by atoms with Gasteiger partial charge in [0.05, 0.1) is 33.3 Å². The van der Waals surface area contributed by atoms with Gasteiger partial charge in [-0.2, -0.15) is 0 Å². The molecule has 1 N–H and O–H groups in total. The van der Waals surface area contributed by atoms with E-state index < -0.39 is 0 Å². The Morgan fingerprint density at radius 1 is 1.33 bits per heavy atom. The largest absolute Gasteiger partial charge is 0.384 e. The van der Waals surface area contributed by atoms with Gasteiger partial charge in [0.1, 0.15) is 0 Å². The van der Waals surface area contributed by atoms with Gasteiger partial charge in [0, 0.05) is 26.6 Å². The topological polar surface area (TPSA) is 21.3 Å². The first-order chi connectivity index (χ1) is 5.77. The zero-order chi connectivity index (χ0) is 8.86. The predicted octanol–water partition coefficient (Wildman–Crippen LogP) is 0.0727. The van der Waals surface area contributed by atoms with Crippen molar-refractivity contribution in [1.29, 1.82) is 0 Å². The molecule has 0 spiro atoms. The third-order valence-corrected chi connectivity index (χ3v) is 2.70. The minimum absolute atomic E-state index is 0.904. The number of quaternary nitrogens is 1. The minimum atomic E-state index is 0.904. The van der Waals surface area contributed by atoms with Crippen molar-refractivity contribution in [3.05, 3.63) is 0 Å². The van der Waals surface area contributed by atoms with E-state index in [9.17, 15) is 0 Å². The number of hydrogen-bond acceptors (Lipinski definition) is 2. The maximum atomic E-state index is 5.05. The Kier molecular flexibility index (Phi) is 3.98. The van der Waals surface area contributed by atoms with Gasteiger partial charge >= 0.3 is 0 Å². The molecule has 0 aromatic heterocycles. The van der Waals surface area contributed by atoms with E-state index in [2.05, 4.69) is 12.4 Å². The van der Waals surface area contributed by atoms with E-state index in [4.69, 9.17) is 4.74 Å². The monoisotopic (exact) mass is 173 g/mol. The highest BCUT2D eigenvalue weighted by atomic mass is 16.5.